The van der Waals surface area contributed by atoms with Gasteiger partial charge in [0, 0.05) is 24.4 Å². The second-order valence-electron chi connectivity index (χ2n) is 5.81. The maximum Gasteiger partial charge on any atom is 0.122 e. The van der Waals surface area contributed by atoms with Gasteiger partial charge in [-0.25, -0.2) is 0 Å². The zero-order chi connectivity index (χ0) is 12.4. The monoisotopic (exact) mass is 247 g/mol. The molecule has 1 N–H and O–H groups in total. The maximum absolute atomic E-state index is 5.69. The first-order valence-corrected chi connectivity index (χ1v) is 6.77. The van der Waals surface area contributed by atoms with Crippen molar-refractivity contribution in [1.82, 2.24) is 5.32 Å². The molecular weight excluding hydrogens is 226 g/mol. The van der Waals surface area contributed by atoms with Crippen molar-refractivity contribution < 1.29 is 9.47 Å². The normalized spacial score (nSPS) is 24.8. The average Bonchev–Trinajstić information content (AvgIpc) is 2.37. The molecule has 0 spiro atoms. The quantitative estimate of drug-likeness (QED) is 0.884. The third-order valence-electron chi connectivity index (χ3n) is 3.93. The number of nitrogens with one attached hydrogen (secondary N) is 1. The molecule has 0 saturated carbocycles. The van der Waals surface area contributed by atoms with Crippen molar-refractivity contribution >= 4 is 0 Å². The molecular formula is C15H21NO2. The van der Waals surface area contributed by atoms with Crippen LogP contribution in [-0.2, 0) is 4.74 Å². The topological polar surface area (TPSA) is 30.5 Å². The number of ether oxygens (including phenoxy) is 2. The van der Waals surface area contributed by atoms with Gasteiger partial charge < -0.3 is 14.8 Å². The summed E-state index contributed by atoms with van der Waals surface area (Å²) in [6.45, 7) is 6.99. The third-order valence-corrected chi connectivity index (χ3v) is 3.93. The lowest BCUT2D eigenvalue weighted by molar-refractivity contribution is -0.0990. The number of para-hydroxylation sites is 1. The van der Waals surface area contributed by atoms with Crippen LogP contribution in [0.3, 0.4) is 0 Å². The van der Waals surface area contributed by atoms with Crippen LogP contribution in [-0.4, -0.2) is 32.9 Å². The lowest BCUT2D eigenvalue weighted by Gasteiger charge is -2.38. The Morgan fingerprint density at radius 3 is 2.94 bits per heavy atom. The lowest BCUT2D eigenvalue weighted by atomic mass is 9.88. The Hall–Kier alpha value is -1.06. The van der Waals surface area contributed by atoms with Gasteiger partial charge in [-0.15, -0.1) is 0 Å². The van der Waals surface area contributed by atoms with Crippen LogP contribution in [0, 0.1) is 5.41 Å². The van der Waals surface area contributed by atoms with Crippen molar-refractivity contribution in [3.05, 3.63) is 29.8 Å². The Labute approximate surface area is 108 Å². The number of benzene rings is 1. The summed E-state index contributed by atoms with van der Waals surface area (Å²) in [6.07, 6.45) is 1.11. The number of rotatable bonds is 4. The molecule has 1 aromatic rings. The van der Waals surface area contributed by atoms with E-state index in [2.05, 4.69) is 30.4 Å². The van der Waals surface area contributed by atoms with E-state index in [0.717, 1.165) is 45.1 Å². The van der Waals surface area contributed by atoms with Crippen molar-refractivity contribution in [2.75, 3.05) is 32.9 Å². The average molecular weight is 247 g/mol. The first kappa shape index (κ1) is 12.0. The Bertz CT molecular complexity index is 415. The highest BCUT2D eigenvalue weighted by atomic mass is 16.5. The minimum absolute atomic E-state index is 0.352. The van der Waals surface area contributed by atoms with Crippen LogP contribution >= 0.6 is 0 Å². The molecule has 98 valence electrons. The molecule has 0 bridgehead atoms. The van der Waals surface area contributed by atoms with Crippen LogP contribution in [0.2, 0.25) is 0 Å². The van der Waals surface area contributed by atoms with Gasteiger partial charge in [-0.1, -0.05) is 25.1 Å². The molecule has 2 aliphatic heterocycles. The van der Waals surface area contributed by atoms with Crippen LogP contribution in [0.15, 0.2) is 24.3 Å². The van der Waals surface area contributed by atoms with Crippen molar-refractivity contribution in [2.45, 2.75) is 19.3 Å². The Kier molecular flexibility index (Phi) is 3.27. The molecule has 3 rings (SSSR count). The molecule has 0 aromatic heterocycles. The Balaban J connectivity index is 1.57. The van der Waals surface area contributed by atoms with Gasteiger partial charge in [0.1, 0.15) is 5.75 Å². The van der Waals surface area contributed by atoms with E-state index in [-0.39, 0.29) is 0 Å². The molecule has 1 fully saturated rings. The Morgan fingerprint density at radius 2 is 2.17 bits per heavy atom. The molecule has 0 amide bonds. The van der Waals surface area contributed by atoms with E-state index >= 15 is 0 Å². The van der Waals surface area contributed by atoms with Gasteiger partial charge >= 0.3 is 0 Å². The smallest absolute Gasteiger partial charge is 0.122 e. The van der Waals surface area contributed by atoms with Gasteiger partial charge in [-0.05, 0) is 18.1 Å². The standard InChI is InChI=1S/C15H21NO2/c1-15(10-17-11-15)9-16-8-12-6-7-18-14-5-3-2-4-13(12)14/h2-5,12,16H,6-11H2,1H3. The van der Waals surface area contributed by atoms with Crippen LogP contribution in [0.5, 0.6) is 5.75 Å². The fourth-order valence-corrected chi connectivity index (χ4v) is 2.73. The highest BCUT2D eigenvalue weighted by Crippen LogP contribution is 2.33. The molecule has 3 heteroatoms. The molecule has 1 atom stereocenters. The Morgan fingerprint density at radius 1 is 1.33 bits per heavy atom. The predicted octanol–water partition coefficient (Wildman–Crippen LogP) is 2.18. The summed E-state index contributed by atoms with van der Waals surface area (Å²) in [4.78, 5) is 0. The SMILES string of the molecule is CC1(CNCC2CCOc3ccccc32)COC1. The minimum Gasteiger partial charge on any atom is -0.493 e. The van der Waals surface area contributed by atoms with Crippen molar-refractivity contribution in [3.63, 3.8) is 0 Å². The van der Waals surface area contributed by atoms with E-state index in [4.69, 9.17) is 9.47 Å². The molecule has 1 unspecified atom stereocenters. The highest BCUT2D eigenvalue weighted by molar-refractivity contribution is 5.37. The van der Waals surface area contributed by atoms with Gasteiger partial charge in [0.15, 0.2) is 0 Å². The fraction of sp³-hybridized carbons (Fsp3) is 0.600. The maximum atomic E-state index is 5.69. The van der Waals surface area contributed by atoms with Crippen molar-refractivity contribution in [2.24, 2.45) is 5.41 Å². The van der Waals surface area contributed by atoms with Crippen LogP contribution in [0.1, 0.15) is 24.8 Å². The van der Waals surface area contributed by atoms with Gasteiger partial charge in [0.2, 0.25) is 0 Å². The van der Waals surface area contributed by atoms with E-state index in [9.17, 15) is 0 Å². The molecule has 3 nitrogen and oxygen atoms in total. The zero-order valence-corrected chi connectivity index (χ0v) is 10.9. The molecule has 2 heterocycles. The fourth-order valence-electron chi connectivity index (χ4n) is 2.73. The van der Waals surface area contributed by atoms with E-state index in [1.54, 1.807) is 0 Å². The largest absolute Gasteiger partial charge is 0.493 e. The van der Waals surface area contributed by atoms with Gasteiger partial charge in [-0.2, -0.15) is 0 Å². The summed E-state index contributed by atoms with van der Waals surface area (Å²) in [7, 11) is 0. The molecule has 2 aliphatic rings. The van der Waals surface area contributed by atoms with Crippen LogP contribution in [0.4, 0.5) is 0 Å². The first-order valence-electron chi connectivity index (χ1n) is 6.77. The van der Waals surface area contributed by atoms with E-state index < -0.39 is 0 Å². The van der Waals surface area contributed by atoms with Gasteiger partial charge in [-0.3, -0.25) is 0 Å². The highest BCUT2D eigenvalue weighted by Gasteiger charge is 2.33. The molecule has 18 heavy (non-hydrogen) atoms. The van der Waals surface area contributed by atoms with E-state index in [1.165, 1.54) is 5.56 Å². The van der Waals surface area contributed by atoms with E-state index in [0.29, 0.717) is 11.3 Å². The first-order chi connectivity index (χ1) is 8.77. The number of fused-ring (bicyclic) bond motifs is 1. The summed E-state index contributed by atoms with van der Waals surface area (Å²) in [5.74, 6) is 1.65. The summed E-state index contributed by atoms with van der Waals surface area (Å²) in [5, 5.41) is 3.60. The van der Waals surface area contributed by atoms with Crippen molar-refractivity contribution in [3.8, 4) is 5.75 Å². The van der Waals surface area contributed by atoms with Crippen LogP contribution in [0.25, 0.3) is 0 Å². The summed E-state index contributed by atoms with van der Waals surface area (Å²) in [6, 6.07) is 8.40. The second-order valence-corrected chi connectivity index (χ2v) is 5.81. The molecule has 0 aliphatic carbocycles. The van der Waals surface area contributed by atoms with E-state index in [1.807, 2.05) is 6.07 Å². The molecule has 1 aromatic carbocycles. The van der Waals surface area contributed by atoms with Crippen LogP contribution < -0.4 is 10.1 Å². The third kappa shape index (κ3) is 2.38. The lowest BCUT2D eigenvalue weighted by Crippen LogP contribution is -2.48. The molecule has 1 saturated heterocycles. The predicted molar refractivity (Wildman–Crippen MR) is 71.1 cm³/mol. The minimum atomic E-state index is 0.352. The zero-order valence-electron chi connectivity index (χ0n) is 10.9. The summed E-state index contributed by atoms with van der Waals surface area (Å²) >= 11 is 0. The van der Waals surface area contributed by atoms with Gasteiger partial charge in [0.05, 0.1) is 19.8 Å². The summed E-state index contributed by atoms with van der Waals surface area (Å²) in [5.41, 5.74) is 1.70. The number of hydrogen-bond donors (Lipinski definition) is 1. The second kappa shape index (κ2) is 4.90. The van der Waals surface area contributed by atoms with Crippen molar-refractivity contribution in [1.29, 1.82) is 0 Å². The summed E-state index contributed by atoms with van der Waals surface area (Å²) < 4.78 is 11.0. The number of hydrogen-bond acceptors (Lipinski definition) is 3. The van der Waals surface area contributed by atoms with Gasteiger partial charge in [0.25, 0.3) is 0 Å². The molecule has 0 radical (unpaired) electrons.